The van der Waals surface area contributed by atoms with Crippen LogP contribution < -0.4 is 4.90 Å². The molecule has 0 spiro atoms. The second-order valence-corrected chi connectivity index (χ2v) is 5.58. The number of hydrogen-bond acceptors (Lipinski definition) is 5. The first-order valence-electron chi connectivity index (χ1n) is 7.60. The van der Waals surface area contributed by atoms with E-state index < -0.39 is 11.8 Å². The fourth-order valence-corrected chi connectivity index (χ4v) is 2.92. The van der Waals surface area contributed by atoms with Crippen LogP contribution in [-0.4, -0.2) is 36.1 Å². The summed E-state index contributed by atoms with van der Waals surface area (Å²) in [6.45, 7) is 1.98. The number of hydrazone groups is 1. The van der Waals surface area contributed by atoms with Gasteiger partial charge in [0.15, 0.2) is 5.88 Å². The largest absolute Gasteiger partial charge is 0.440 e. The third-order valence-corrected chi connectivity index (χ3v) is 4.10. The van der Waals surface area contributed by atoms with Gasteiger partial charge in [-0.2, -0.15) is 10.1 Å². The molecule has 6 nitrogen and oxygen atoms in total. The maximum absolute atomic E-state index is 12.2. The van der Waals surface area contributed by atoms with Crippen LogP contribution in [-0.2, 0) is 0 Å². The topological polar surface area (TPSA) is 66.1 Å². The molecular weight excluding hydrogens is 294 g/mol. The molecule has 0 saturated carbocycles. The summed E-state index contributed by atoms with van der Waals surface area (Å²) in [4.78, 5) is 26.6. The summed E-state index contributed by atoms with van der Waals surface area (Å²) < 4.78 is 5.70. The van der Waals surface area contributed by atoms with Gasteiger partial charge in [0.25, 0.3) is 11.8 Å². The van der Waals surface area contributed by atoms with Gasteiger partial charge < -0.3 is 9.32 Å². The van der Waals surface area contributed by atoms with Gasteiger partial charge >= 0.3 is 0 Å². The number of amides is 2. The highest BCUT2D eigenvalue weighted by atomic mass is 16.4. The van der Waals surface area contributed by atoms with Crippen LogP contribution in [0.1, 0.15) is 39.3 Å². The maximum atomic E-state index is 12.2. The molecule has 1 aromatic heterocycles. The van der Waals surface area contributed by atoms with Crippen molar-refractivity contribution < 1.29 is 14.0 Å². The molecule has 116 valence electrons. The highest BCUT2D eigenvalue weighted by Gasteiger charge is 2.35. The molecule has 1 saturated heterocycles. The zero-order valence-corrected chi connectivity index (χ0v) is 12.4. The molecule has 23 heavy (non-hydrogen) atoms. The molecule has 2 aliphatic heterocycles. The average molecular weight is 309 g/mol. The van der Waals surface area contributed by atoms with E-state index in [0.29, 0.717) is 16.9 Å². The molecule has 0 aliphatic carbocycles. The number of carbonyl (C=O) groups excluding carboxylic acids is 2. The fourth-order valence-electron chi connectivity index (χ4n) is 2.92. The Labute approximate surface area is 133 Å². The molecular formula is C17H15N3O3. The fraction of sp³-hybridized carbons (Fsp3) is 0.235. The van der Waals surface area contributed by atoms with Crippen LogP contribution in [0.3, 0.4) is 0 Å². The Morgan fingerprint density at radius 2 is 1.61 bits per heavy atom. The van der Waals surface area contributed by atoms with Crippen LogP contribution in [0.15, 0.2) is 45.9 Å². The number of furan rings is 1. The highest BCUT2D eigenvalue weighted by Crippen LogP contribution is 2.24. The lowest BCUT2D eigenvalue weighted by Gasteiger charge is -2.12. The summed E-state index contributed by atoms with van der Waals surface area (Å²) in [5, 5.41) is 4.88. The smallest absolute Gasteiger partial charge is 0.282 e. The van der Waals surface area contributed by atoms with Crippen LogP contribution in [0, 0.1) is 0 Å². The number of anilines is 1. The van der Waals surface area contributed by atoms with Crippen LogP contribution in [0.25, 0.3) is 0 Å². The standard InChI is InChI=1S/C17H15N3O3/c21-16-13-5-1-2-6-14(13)17(22)20(16)18-11-12-7-8-15(23-12)19-9-3-4-10-19/h1-2,5-8,11H,3-4,9-10H2/b18-11-. The molecule has 1 aromatic carbocycles. The minimum atomic E-state index is -0.409. The Morgan fingerprint density at radius 1 is 0.957 bits per heavy atom. The Hall–Kier alpha value is -2.89. The van der Waals surface area contributed by atoms with Gasteiger partial charge in [-0.25, -0.2) is 0 Å². The van der Waals surface area contributed by atoms with Gasteiger partial charge in [0, 0.05) is 19.2 Å². The number of rotatable bonds is 3. The summed E-state index contributed by atoms with van der Waals surface area (Å²) in [6, 6.07) is 10.4. The minimum Gasteiger partial charge on any atom is -0.440 e. The van der Waals surface area contributed by atoms with Gasteiger partial charge in [0.1, 0.15) is 5.76 Å². The van der Waals surface area contributed by atoms with Crippen molar-refractivity contribution in [2.75, 3.05) is 18.0 Å². The molecule has 3 heterocycles. The van der Waals surface area contributed by atoms with Crippen LogP contribution in [0.4, 0.5) is 5.88 Å². The number of carbonyl (C=O) groups is 2. The molecule has 0 N–H and O–H groups in total. The Bertz CT molecular complexity index is 768. The second kappa shape index (κ2) is 5.39. The predicted octanol–water partition coefficient (Wildman–Crippen LogP) is 2.51. The van der Waals surface area contributed by atoms with E-state index in [1.165, 1.54) is 19.1 Å². The quantitative estimate of drug-likeness (QED) is 0.645. The van der Waals surface area contributed by atoms with Gasteiger partial charge in [-0.1, -0.05) is 12.1 Å². The van der Waals surface area contributed by atoms with E-state index in [9.17, 15) is 9.59 Å². The maximum Gasteiger partial charge on any atom is 0.282 e. The first-order chi connectivity index (χ1) is 11.2. The molecule has 1 fully saturated rings. The van der Waals surface area contributed by atoms with Crippen molar-refractivity contribution in [3.63, 3.8) is 0 Å². The van der Waals surface area contributed by atoms with Crippen molar-refractivity contribution in [1.82, 2.24) is 5.01 Å². The number of hydrogen-bond donors (Lipinski definition) is 0. The summed E-state index contributed by atoms with van der Waals surface area (Å²) in [7, 11) is 0. The molecule has 0 bridgehead atoms. The van der Waals surface area contributed by atoms with Gasteiger partial charge in [-0.05, 0) is 31.0 Å². The average Bonchev–Trinajstić information content (AvgIpc) is 3.29. The molecule has 0 radical (unpaired) electrons. The normalized spacial score (nSPS) is 17.6. The monoisotopic (exact) mass is 309 g/mol. The number of nitrogens with zero attached hydrogens (tertiary/aromatic N) is 3. The lowest BCUT2D eigenvalue weighted by Crippen LogP contribution is -2.23. The number of imide groups is 1. The molecule has 4 rings (SSSR count). The van der Waals surface area contributed by atoms with Crippen molar-refractivity contribution in [3.8, 4) is 0 Å². The highest BCUT2D eigenvalue weighted by molar-refractivity contribution is 6.21. The zero-order chi connectivity index (χ0) is 15.8. The number of fused-ring (bicyclic) bond motifs is 1. The van der Waals surface area contributed by atoms with Crippen LogP contribution in [0.2, 0.25) is 0 Å². The van der Waals surface area contributed by atoms with E-state index in [2.05, 4.69) is 10.0 Å². The summed E-state index contributed by atoms with van der Waals surface area (Å²) in [5.41, 5.74) is 0.763. The van der Waals surface area contributed by atoms with E-state index in [0.717, 1.165) is 24.0 Å². The van der Waals surface area contributed by atoms with Crippen molar-refractivity contribution >= 4 is 23.9 Å². The van der Waals surface area contributed by atoms with Crippen molar-refractivity contribution in [2.45, 2.75) is 12.8 Å². The molecule has 2 aromatic rings. The van der Waals surface area contributed by atoms with Crippen molar-refractivity contribution in [1.29, 1.82) is 0 Å². The first-order valence-corrected chi connectivity index (χ1v) is 7.60. The third-order valence-electron chi connectivity index (χ3n) is 4.10. The molecule has 6 heteroatoms. The van der Waals surface area contributed by atoms with Gasteiger partial charge in [-0.3, -0.25) is 9.59 Å². The van der Waals surface area contributed by atoms with Crippen molar-refractivity contribution in [2.24, 2.45) is 5.10 Å². The van der Waals surface area contributed by atoms with Gasteiger partial charge in [0.2, 0.25) is 0 Å². The molecule has 2 aliphatic rings. The van der Waals surface area contributed by atoms with E-state index in [1.54, 1.807) is 30.3 Å². The van der Waals surface area contributed by atoms with E-state index in [-0.39, 0.29) is 0 Å². The van der Waals surface area contributed by atoms with Gasteiger partial charge in [-0.15, -0.1) is 0 Å². The SMILES string of the molecule is O=C1c2ccccc2C(=O)N1/N=C\c1ccc(N2CCCC2)o1. The summed E-state index contributed by atoms with van der Waals surface area (Å²) >= 11 is 0. The van der Waals surface area contributed by atoms with Gasteiger partial charge in [0.05, 0.1) is 17.3 Å². The van der Waals surface area contributed by atoms with Crippen LogP contribution in [0.5, 0.6) is 0 Å². The predicted molar refractivity (Wildman–Crippen MR) is 84.7 cm³/mol. The zero-order valence-electron chi connectivity index (χ0n) is 12.4. The Balaban J connectivity index is 1.53. The molecule has 2 amide bonds. The van der Waals surface area contributed by atoms with E-state index in [4.69, 9.17) is 4.42 Å². The minimum absolute atomic E-state index is 0.381. The Kier molecular flexibility index (Phi) is 3.22. The second-order valence-electron chi connectivity index (χ2n) is 5.58. The molecule has 0 atom stereocenters. The Morgan fingerprint density at radius 3 is 2.26 bits per heavy atom. The molecule has 0 unspecified atom stereocenters. The number of benzene rings is 1. The first kappa shape index (κ1) is 13.8. The van der Waals surface area contributed by atoms with Crippen LogP contribution >= 0.6 is 0 Å². The summed E-state index contributed by atoms with van der Waals surface area (Å²) in [5.74, 6) is 0.496. The lowest BCUT2D eigenvalue weighted by atomic mass is 10.1. The van der Waals surface area contributed by atoms with E-state index in [1.807, 2.05) is 6.07 Å². The lowest BCUT2D eigenvalue weighted by molar-refractivity contribution is 0.0660. The van der Waals surface area contributed by atoms with E-state index >= 15 is 0 Å². The van der Waals surface area contributed by atoms with Crippen molar-refractivity contribution in [3.05, 3.63) is 53.3 Å². The third kappa shape index (κ3) is 2.32. The summed E-state index contributed by atoms with van der Waals surface area (Å²) in [6.07, 6.45) is 3.74.